The fraction of sp³-hybridized carbons (Fsp3) is 0.688. The van der Waals surface area contributed by atoms with Crippen LogP contribution in [0.15, 0.2) is 47.0 Å². The van der Waals surface area contributed by atoms with E-state index in [1.165, 1.54) is 12.2 Å². The topological polar surface area (TPSA) is 342 Å². The maximum atomic E-state index is 13.4. The number of aliphatic carboxylic acids is 1. The molecule has 2 saturated heterocycles. The van der Waals surface area contributed by atoms with Gasteiger partial charge in [0.1, 0.15) is 55.4 Å². The van der Waals surface area contributed by atoms with Crippen LogP contribution in [0.2, 0.25) is 0 Å². The van der Waals surface area contributed by atoms with Gasteiger partial charge in [-0.15, -0.1) is 0 Å². The van der Waals surface area contributed by atoms with Crippen LogP contribution in [-0.2, 0) is 42.7 Å². The molecule has 0 aromatic heterocycles. The Balaban J connectivity index is 1.14. The van der Waals surface area contributed by atoms with Crippen LogP contribution in [0.4, 0.5) is 0 Å². The van der Waals surface area contributed by atoms with Crippen molar-refractivity contribution >= 4 is 11.9 Å². The lowest BCUT2D eigenvalue weighted by atomic mass is 9.82. The van der Waals surface area contributed by atoms with E-state index in [1.807, 2.05) is 0 Å². The molecule has 12 N–H and O–H groups in total. The third kappa shape index (κ3) is 7.24. The monoisotopic (exact) mass is 762 g/mol. The highest BCUT2D eigenvalue weighted by atomic mass is 16.8. The second kappa shape index (κ2) is 15.9. The molecule has 6 aliphatic rings. The van der Waals surface area contributed by atoms with Gasteiger partial charge in [0.15, 0.2) is 12.6 Å². The average molecular weight is 763 g/mol. The minimum absolute atomic E-state index is 0.158. The van der Waals surface area contributed by atoms with Gasteiger partial charge in [0.2, 0.25) is 12.6 Å². The summed E-state index contributed by atoms with van der Waals surface area (Å²) < 4.78 is 38.9. The number of carboxylic acids is 1. The molecule has 21 heteroatoms. The molecule has 296 valence electrons. The van der Waals surface area contributed by atoms with E-state index in [-0.39, 0.29) is 22.3 Å². The number of aliphatic hydroxyl groups excluding tert-OH is 11. The predicted molar refractivity (Wildman–Crippen MR) is 163 cm³/mol. The Morgan fingerprint density at radius 3 is 1.51 bits per heavy atom. The maximum absolute atomic E-state index is 13.4. The molecule has 0 bridgehead atoms. The zero-order valence-corrected chi connectivity index (χ0v) is 27.6. The average Bonchev–Trinajstić information content (AvgIpc) is 3.67. The summed E-state index contributed by atoms with van der Waals surface area (Å²) in [4.78, 5) is 25.2. The van der Waals surface area contributed by atoms with E-state index in [4.69, 9.17) is 33.2 Å². The normalized spacial score (nSPS) is 45.0. The Bertz CT molecular complexity index is 1490. The number of esters is 1. The van der Waals surface area contributed by atoms with Gasteiger partial charge in [-0.2, -0.15) is 0 Å². The number of fused-ring (bicyclic) bond motifs is 2. The molecule has 2 fully saturated rings. The molecule has 21 nitrogen and oxygen atoms in total. The van der Waals surface area contributed by atoms with Crippen LogP contribution in [0.25, 0.3) is 0 Å². The molecule has 0 saturated carbocycles. The van der Waals surface area contributed by atoms with E-state index >= 15 is 0 Å². The molecule has 0 amide bonds. The quantitative estimate of drug-likeness (QED) is 0.0688. The van der Waals surface area contributed by atoms with Crippen LogP contribution in [0.3, 0.4) is 0 Å². The first-order valence-electron chi connectivity index (χ1n) is 16.6. The molecule has 0 radical (unpaired) electrons. The van der Waals surface area contributed by atoms with Crippen LogP contribution in [-0.4, -0.2) is 186 Å². The van der Waals surface area contributed by atoms with E-state index in [2.05, 4.69) is 0 Å². The molecule has 0 spiro atoms. The van der Waals surface area contributed by atoms with Crippen molar-refractivity contribution in [1.82, 2.24) is 0 Å². The molecule has 6 rings (SSSR count). The number of hydrogen-bond acceptors (Lipinski definition) is 20. The highest BCUT2D eigenvalue weighted by molar-refractivity contribution is 5.89. The number of ether oxygens (including phenoxy) is 7. The summed E-state index contributed by atoms with van der Waals surface area (Å²) in [5, 5.41) is 123. The predicted octanol–water partition coefficient (Wildman–Crippen LogP) is -6.21. The van der Waals surface area contributed by atoms with Gasteiger partial charge in [-0.05, 0) is 11.1 Å². The summed E-state index contributed by atoms with van der Waals surface area (Å²) in [5.41, 5.74) is -0.257. The van der Waals surface area contributed by atoms with Crippen molar-refractivity contribution < 1.29 is 104 Å². The van der Waals surface area contributed by atoms with E-state index in [0.29, 0.717) is 0 Å². The third-order valence-electron chi connectivity index (χ3n) is 10.4. The van der Waals surface area contributed by atoms with Gasteiger partial charge >= 0.3 is 11.9 Å². The number of rotatable bonds is 11. The highest BCUT2D eigenvalue weighted by Crippen LogP contribution is 2.46. The van der Waals surface area contributed by atoms with Crippen molar-refractivity contribution in [1.29, 1.82) is 0 Å². The molecule has 2 aliphatic carbocycles. The van der Waals surface area contributed by atoms with Gasteiger partial charge < -0.3 is 94.4 Å². The largest absolute Gasteiger partial charge is 0.478 e. The molecule has 4 unspecified atom stereocenters. The molecule has 0 aromatic carbocycles. The number of hydrogen-bond donors (Lipinski definition) is 12. The van der Waals surface area contributed by atoms with E-state index in [1.54, 1.807) is 0 Å². The Labute approximate surface area is 299 Å². The minimum atomic E-state index is -1.93. The zero-order valence-electron chi connectivity index (χ0n) is 27.6. The Kier molecular flexibility index (Phi) is 11.9. The number of carbonyl (C=O) groups is 2. The lowest BCUT2D eigenvalue weighted by molar-refractivity contribution is -0.341. The summed E-state index contributed by atoms with van der Waals surface area (Å²) in [6, 6.07) is 0. The van der Waals surface area contributed by atoms with Crippen molar-refractivity contribution in [2.45, 2.75) is 86.2 Å². The van der Waals surface area contributed by atoms with Gasteiger partial charge in [0, 0.05) is 11.8 Å². The molecule has 4 aliphatic heterocycles. The van der Waals surface area contributed by atoms with Gasteiger partial charge in [-0.25, -0.2) is 9.59 Å². The van der Waals surface area contributed by atoms with Crippen LogP contribution in [0, 0.1) is 23.7 Å². The molecule has 0 aromatic rings. The smallest absolute Gasteiger partial charge is 0.337 e. The van der Waals surface area contributed by atoms with Crippen LogP contribution in [0.5, 0.6) is 0 Å². The number of aliphatic hydroxyl groups is 11. The van der Waals surface area contributed by atoms with Crippen molar-refractivity contribution in [3.05, 3.63) is 47.0 Å². The van der Waals surface area contributed by atoms with Gasteiger partial charge in [-0.1, -0.05) is 12.2 Å². The molecule has 18 atom stereocenters. The van der Waals surface area contributed by atoms with Crippen molar-refractivity contribution in [3.8, 4) is 0 Å². The Hall–Kier alpha value is -3.10. The third-order valence-corrected chi connectivity index (χ3v) is 10.4. The molecular formula is C32H42O21. The highest BCUT2D eigenvalue weighted by Gasteiger charge is 2.54. The molecule has 53 heavy (non-hydrogen) atoms. The molecule has 4 heterocycles. The fourth-order valence-corrected chi connectivity index (χ4v) is 7.58. The maximum Gasteiger partial charge on any atom is 0.337 e. The lowest BCUT2D eigenvalue weighted by Gasteiger charge is -2.43. The van der Waals surface area contributed by atoms with Crippen molar-refractivity contribution in [3.63, 3.8) is 0 Å². The fourth-order valence-electron chi connectivity index (χ4n) is 7.58. The summed E-state index contributed by atoms with van der Waals surface area (Å²) in [6.45, 7) is -2.75. The van der Waals surface area contributed by atoms with Gasteiger partial charge in [-0.3, -0.25) is 0 Å². The first-order chi connectivity index (χ1) is 25.2. The standard InChI is InChI=1S/C32H42O21/c33-3-9-1-13(36)19-11(27(44)45)6-48-29(17(9)19)53-32-26(43)24(41)22(39)16(51-32)8-47-28(46)12-7-49-30(18-10(4-34)2-14(37)20(12)18)52-31-25(42)23(40)21(38)15(5-35)50-31/h1-2,6-7,13-26,29-43H,3-5,8H2,(H,44,45)/t13-,14-,15+,16+,17?,18?,19?,20?,21+,22+,23-,24-,25+,26+,29-,30-,31-,32-/m0/s1. The summed E-state index contributed by atoms with van der Waals surface area (Å²) in [6.07, 6.45) is -18.7. The van der Waals surface area contributed by atoms with E-state index in [0.717, 1.165) is 12.5 Å². The van der Waals surface area contributed by atoms with Crippen LogP contribution < -0.4 is 0 Å². The second-order valence-corrected chi connectivity index (χ2v) is 13.4. The summed E-state index contributed by atoms with van der Waals surface area (Å²) >= 11 is 0. The minimum Gasteiger partial charge on any atom is -0.478 e. The number of carbonyl (C=O) groups excluding carboxylic acids is 1. The lowest BCUT2D eigenvalue weighted by Crippen LogP contribution is -2.60. The summed E-state index contributed by atoms with van der Waals surface area (Å²) in [7, 11) is 0. The first kappa shape index (κ1) is 39.6. The zero-order chi connectivity index (χ0) is 38.5. The van der Waals surface area contributed by atoms with Crippen LogP contribution in [0.1, 0.15) is 0 Å². The second-order valence-electron chi connectivity index (χ2n) is 13.4. The SMILES string of the molecule is O=C(O)C1=CO[C@@H](O[C@@H]2O[C@H](COC(=O)C3=CO[C@@H](O[C@@H]4O[C@H](CO)[C@@H](O)[C@H](O)[C@H]4O)C4C(CO)=C[C@H](O)C34)[C@@H](O)[C@H](O)[C@H]2O)C2C(CO)=C[C@H](O)C12. The summed E-state index contributed by atoms with van der Waals surface area (Å²) in [5.74, 6) is -6.95. The van der Waals surface area contributed by atoms with Crippen molar-refractivity contribution in [2.75, 3.05) is 26.4 Å². The van der Waals surface area contributed by atoms with Gasteiger partial charge in [0.25, 0.3) is 0 Å². The first-order valence-corrected chi connectivity index (χ1v) is 16.6. The Morgan fingerprint density at radius 1 is 0.585 bits per heavy atom. The molecular weight excluding hydrogens is 720 g/mol. The van der Waals surface area contributed by atoms with Gasteiger partial charge in [0.05, 0.1) is 67.5 Å². The van der Waals surface area contributed by atoms with E-state index < -0.39 is 148 Å². The van der Waals surface area contributed by atoms with Crippen LogP contribution >= 0.6 is 0 Å². The Morgan fingerprint density at radius 2 is 1.04 bits per heavy atom. The number of carboxylic acid groups (broad SMARTS) is 1. The van der Waals surface area contributed by atoms with Crippen molar-refractivity contribution in [2.24, 2.45) is 23.7 Å². The van der Waals surface area contributed by atoms with E-state index in [9.17, 15) is 70.9 Å².